The van der Waals surface area contributed by atoms with Gasteiger partial charge in [0.25, 0.3) is 5.91 Å². The van der Waals surface area contributed by atoms with Crippen molar-refractivity contribution in [2.24, 2.45) is 0 Å². The maximum atomic E-state index is 12.4. The van der Waals surface area contributed by atoms with E-state index in [1.807, 2.05) is 23.1 Å². The van der Waals surface area contributed by atoms with Crippen molar-refractivity contribution in [2.45, 2.75) is 25.7 Å². The molecule has 0 aliphatic carbocycles. The summed E-state index contributed by atoms with van der Waals surface area (Å²) in [5.74, 6) is 0.147. The monoisotopic (exact) mass is 243 g/mol. The number of hydrogen-bond acceptors (Lipinski definition) is 2. The van der Waals surface area contributed by atoms with Crippen molar-refractivity contribution in [1.29, 1.82) is 0 Å². The van der Waals surface area contributed by atoms with Crippen molar-refractivity contribution in [1.82, 2.24) is 14.9 Å². The van der Waals surface area contributed by atoms with Crippen LogP contribution in [-0.4, -0.2) is 33.9 Å². The van der Waals surface area contributed by atoms with E-state index in [0.29, 0.717) is 0 Å². The summed E-state index contributed by atoms with van der Waals surface area (Å²) < 4.78 is 0. The van der Waals surface area contributed by atoms with Crippen LogP contribution in [0.2, 0.25) is 0 Å². The molecule has 0 saturated carbocycles. The van der Waals surface area contributed by atoms with Gasteiger partial charge in [0.1, 0.15) is 0 Å². The predicted molar refractivity (Wildman–Crippen MR) is 70.5 cm³/mol. The number of nitrogens with one attached hydrogen (secondary N) is 1. The summed E-state index contributed by atoms with van der Waals surface area (Å²) in [7, 11) is 0. The predicted octanol–water partition coefficient (Wildman–Crippen LogP) is 2.58. The minimum Gasteiger partial charge on any atom is -0.345 e. The number of aromatic nitrogens is 2. The van der Waals surface area contributed by atoms with Gasteiger partial charge in [0.15, 0.2) is 0 Å². The van der Waals surface area contributed by atoms with Gasteiger partial charge in [-0.15, -0.1) is 0 Å². The lowest BCUT2D eigenvalue weighted by molar-refractivity contribution is 0.0762. The average molecular weight is 243 g/mol. The zero-order valence-electron chi connectivity index (χ0n) is 10.4. The van der Waals surface area contributed by atoms with Crippen molar-refractivity contribution < 1.29 is 4.79 Å². The molecule has 1 amide bonds. The Kier molecular flexibility index (Phi) is 3.00. The normalized spacial score (nSPS) is 16.8. The number of carbonyl (C=O) groups excluding carboxylic acids is 1. The molecular weight excluding hydrogens is 226 g/mol. The topological polar surface area (TPSA) is 49.0 Å². The molecule has 4 heteroatoms. The number of hydrogen-bond donors (Lipinski definition) is 1. The molecule has 94 valence electrons. The first kappa shape index (κ1) is 11.3. The number of fused-ring (bicyclic) bond motifs is 1. The van der Waals surface area contributed by atoms with Gasteiger partial charge < -0.3 is 9.88 Å². The highest BCUT2D eigenvalue weighted by Crippen LogP contribution is 2.16. The summed E-state index contributed by atoms with van der Waals surface area (Å²) >= 11 is 0. The van der Waals surface area contributed by atoms with E-state index in [4.69, 9.17) is 0 Å². The molecule has 2 heterocycles. The van der Waals surface area contributed by atoms with E-state index in [9.17, 15) is 4.79 Å². The van der Waals surface area contributed by atoms with Crippen molar-refractivity contribution in [3.8, 4) is 0 Å². The molecule has 1 N–H and O–H groups in total. The number of imidazole rings is 1. The maximum Gasteiger partial charge on any atom is 0.253 e. The van der Waals surface area contributed by atoms with Crippen molar-refractivity contribution in [2.75, 3.05) is 13.1 Å². The Balaban J connectivity index is 1.85. The van der Waals surface area contributed by atoms with Crippen LogP contribution in [-0.2, 0) is 0 Å². The lowest BCUT2D eigenvalue weighted by Gasteiger charge is -2.20. The molecule has 1 saturated heterocycles. The fourth-order valence-electron chi connectivity index (χ4n) is 2.52. The molecule has 1 fully saturated rings. The smallest absolute Gasteiger partial charge is 0.253 e. The van der Waals surface area contributed by atoms with Gasteiger partial charge in [0.2, 0.25) is 0 Å². The fourth-order valence-corrected chi connectivity index (χ4v) is 2.52. The Morgan fingerprint density at radius 2 is 1.94 bits per heavy atom. The second-order valence-electron chi connectivity index (χ2n) is 4.84. The maximum absolute atomic E-state index is 12.4. The van der Waals surface area contributed by atoms with Gasteiger partial charge in [-0.2, -0.15) is 0 Å². The van der Waals surface area contributed by atoms with Gasteiger partial charge in [-0.3, -0.25) is 4.79 Å². The van der Waals surface area contributed by atoms with Crippen LogP contribution in [0.4, 0.5) is 0 Å². The highest BCUT2D eigenvalue weighted by Gasteiger charge is 2.17. The molecule has 0 atom stereocenters. The third kappa shape index (κ3) is 2.10. The SMILES string of the molecule is O=C(c1ccc2nc[nH]c2c1)N1CCCCCC1. The first-order valence-electron chi connectivity index (χ1n) is 6.57. The zero-order valence-corrected chi connectivity index (χ0v) is 10.4. The fraction of sp³-hybridized carbons (Fsp3) is 0.429. The first-order chi connectivity index (χ1) is 8.84. The van der Waals surface area contributed by atoms with E-state index < -0.39 is 0 Å². The number of nitrogens with zero attached hydrogens (tertiary/aromatic N) is 2. The number of H-pyrrole nitrogens is 1. The molecule has 1 aromatic heterocycles. The van der Waals surface area contributed by atoms with Crippen LogP contribution in [0, 0.1) is 0 Å². The van der Waals surface area contributed by atoms with Crippen molar-refractivity contribution >= 4 is 16.9 Å². The van der Waals surface area contributed by atoms with Crippen molar-refractivity contribution in [3.05, 3.63) is 30.1 Å². The van der Waals surface area contributed by atoms with Gasteiger partial charge in [-0.25, -0.2) is 4.98 Å². The number of rotatable bonds is 1. The molecule has 0 spiro atoms. The Morgan fingerprint density at radius 3 is 2.72 bits per heavy atom. The van der Waals surface area contributed by atoms with E-state index in [2.05, 4.69) is 9.97 Å². The Bertz CT molecular complexity index is 553. The molecule has 0 bridgehead atoms. The summed E-state index contributed by atoms with van der Waals surface area (Å²) in [5, 5.41) is 0. The van der Waals surface area contributed by atoms with E-state index in [1.165, 1.54) is 12.8 Å². The van der Waals surface area contributed by atoms with Crippen LogP contribution in [0.1, 0.15) is 36.0 Å². The minimum atomic E-state index is 0.147. The molecule has 0 radical (unpaired) electrons. The second kappa shape index (κ2) is 4.80. The van der Waals surface area contributed by atoms with E-state index in [0.717, 1.165) is 42.5 Å². The van der Waals surface area contributed by atoms with Gasteiger partial charge in [0, 0.05) is 18.7 Å². The molecule has 1 aliphatic rings. The van der Waals surface area contributed by atoms with Crippen LogP contribution in [0.3, 0.4) is 0 Å². The number of likely N-dealkylation sites (tertiary alicyclic amines) is 1. The summed E-state index contributed by atoms with van der Waals surface area (Å²) in [6, 6.07) is 5.67. The van der Waals surface area contributed by atoms with Gasteiger partial charge >= 0.3 is 0 Å². The van der Waals surface area contributed by atoms with Crippen LogP contribution in [0.15, 0.2) is 24.5 Å². The molecular formula is C14H17N3O. The van der Waals surface area contributed by atoms with Crippen molar-refractivity contribution in [3.63, 3.8) is 0 Å². The summed E-state index contributed by atoms with van der Waals surface area (Å²) in [5.41, 5.74) is 2.59. The van der Waals surface area contributed by atoms with Crippen LogP contribution >= 0.6 is 0 Å². The summed E-state index contributed by atoms with van der Waals surface area (Å²) in [6.45, 7) is 1.78. The largest absolute Gasteiger partial charge is 0.345 e. The number of carbonyl (C=O) groups is 1. The average Bonchev–Trinajstić information content (AvgIpc) is 2.69. The molecule has 1 aliphatic heterocycles. The Hall–Kier alpha value is -1.84. The van der Waals surface area contributed by atoms with Crippen LogP contribution in [0.25, 0.3) is 11.0 Å². The van der Waals surface area contributed by atoms with E-state index >= 15 is 0 Å². The highest BCUT2D eigenvalue weighted by atomic mass is 16.2. The zero-order chi connectivity index (χ0) is 12.4. The molecule has 0 unspecified atom stereocenters. The van der Waals surface area contributed by atoms with Gasteiger partial charge in [-0.1, -0.05) is 12.8 Å². The highest BCUT2D eigenvalue weighted by molar-refractivity contribution is 5.97. The molecule has 2 aromatic rings. The summed E-state index contributed by atoms with van der Waals surface area (Å²) in [6.07, 6.45) is 6.38. The quantitative estimate of drug-likeness (QED) is 0.836. The Labute approximate surface area is 106 Å². The third-order valence-corrected chi connectivity index (χ3v) is 3.56. The number of aromatic amines is 1. The van der Waals surface area contributed by atoms with Gasteiger partial charge in [0.05, 0.1) is 17.4 Å². The standard InChI is InChI=1S/C14H17N3O/c18-14(17-7-3-1-2-4-8-17)11-5-6-12-13(9-11)16-10-15-12/h5-6,9-10H,1-4,7-8H2,(H,15,16). The van der Waals surface area contributed by atoms with Gasteiger partial charge in [-0.05, 0) is 31.0 Å². The molecule has 1 aromatic carbocycles. The third-order valence-electron chi connectivity index (χ3n) is 3.56. The lowest BCUT2D eigenvalue weighted by atomic mass is 10.1. The van der Waals surface area contributed by atoms with Crippen LogP contribution in [0.5, 0.6) is 0 Å². The van der Waals surface area contributed by atoms with E-state index in [-0.39, 0.29) is 5.91 Å². The summed E-state index contributed by atoms with van der Waals surface area (Å²) in [4.78, 5) is 21.6. The molecule has 4 nitrogen and oxygen atoms in total. The minimum absolute atomic E-state index is 0.147. The first-order valence-corrected chi connectivity index (χ1v) is 6.57. The molecule has 3 rings (SSSR count). The Morgan fingerprint density at radius 1 is 1.17 bits per heavy atom. The lowest BCUT2D eigenvalue weighted by Crippen LogP contribution is -2.31. The van der Waals surface area contributed by atoms with Crippen LogP contribution < -0.4 is 0 Å². The number of benzene rings is 1. The number of amides is 1. The molecule has 18 heavy (non-hydrogen) atoms. The van der Waals surface area contributed by atoms with E-state index in [1.54, 1.807) is 6.33 Å². The second-order valence-corrected chi connectivity index (χ2v) is 4.84.